The van der Waals surface area contributed by atoms with E-state index in [4.69, 9.17) is 4.74 Å². The highest BCUT2D eigenvalue weighted by atomic mass is 16.6. The van der Waals surface area contributed by atoms with Crippen LogP contribution in [0.2, 0.25) is 0 Å². The number of nitrogens with zero attached hydrogens (tertiary/aromatic N) is 1. The maximum Gasteiger partial charge on any atom is 0.269 e. The van der Waals surface area contributed by atoms with E-state index in [2.05, 4.69) is 10.9 Å². The highest BCUT2D eigenvalue weighted by Crippen LogP contribution is 2.13. The van der Waals surface area contributed by atoms with E-state index < -0.39 is 16.7 Å². The Morgan fingerprint density at radius 2 is 1.83 bits per heavy atom. The van der Waals surface area contributed by atoms with Crippen molar-refractivity contribution >= 4 is 17.5 Å². The molecule has 0 atom stereocenters. The number of carbonyl (C=O) groups is 2. The van der Waals surface area contributed by atoms with Gasteiger partial charge in [-0.15, -0.1) is 0 Å². The van der Waals surface area contributed by atoms with Crippen LogP contribution < -0.4 is 15.6 Å². The SMILES string of the molecule is COc1cccc(CC(=O)NNC(=O)c2ccc([N+](=O)[O-])cc2)c1. The first-order chi connectivity index (χ1) is 11.5. The number of hydrazine groups is 1. The Bertz CT molecular complexity index is 759. The first-order valence-electron chi connectivity index (χ1n) is 6.96. The number of hydrogen-bond donors (Lipinski definition) is 2. The lowest BCUT2D eigenvalue weighted by Gasteiger charge is -2.08. The second kappa shape index (κ2) is 7.73. The van der Waals surface area contributed by atoms with Crippen LogP contribution in [0.15, 0.2) is 48.5 Å². The van der Waals surface area contributed by atoms with Gasteiger partial charge in [0.25, 0.3) is 11.6 Å². The second-order valence-electron chi connectivity index (χ2n) is 4.83. The van der Waals surface area contributed by atoms with Gasteiger partial charge in [0.15, 0.2) is 0 Å². The molecule has 0 aliphatic carbocycles. The van der Waals surface area contributed by atoms with Gasteiger partial charge in [-0.1, -0.05) is 12.1 Å². The fourth-order valence-corrected chi connectivity index (χ4v) is 1.95. The molecule has 0 saturated heterocycles. The molecule has 24 heavy (non-hydrogen) atoms. The van der Waals surface area contributed by atoms with Crippen LogP contribution in [0.3, 0.4) is 0 Å². The average molecular weight is 329 g/mol. The summed E-state index contributed by atoms with van der Waals surface area (Å²) in [7, 11) is 1.53. The molecule has 0 spiro atoms. The minimum absolute atomic E-state index is 0.0672. The summed E-state index contributed by atoms with van der Waals surface area (Å²) in [5.74, 6) is -0.336. The van der Waals surface area contributed by atoms with Crippen LogP contribution in [0.4, 0.5) is 5.69 Å². The number of amides is 2. The molecule has 8 heteroatoms. The zero-order chi connectivity index (χ0) is 17.5. The van der Waals surface area contributed by atoms with Crippen molar-refractivity contribution in [1.29, 1.82) is 0 Å². The van der Waals surface area contributed by atoms with Crippen LogP contribution in [0.25, 0.3) is 0 Å². The first kappa shape index (κ1) is 16.9. The van der Waals surface area contributed by atoms with Crippen molar-refractivity contribution in [2.45, 2.75) is 6.42 Å². The third kappa shape index (κ3) is 4.54. The topological polar surface area (TPSA) is 111 Å². The number of rotatable bonds is 5. The number of benzene rings is 2. The number of nitro groups is 1. The number of carbonyl (C=O) groups excluding carboxylic acids is 2. The number of nitrogens with one attached hydrogen (secondary N) is 2. The first-order valence-corrected chi connectivity index (χ1v) is 6.96. The van der Waals surface area contributed by atoms with E-state index in [1.165, 1.54) is 31.4 Å². The molecule has 0 fully saturated rings. The second-order valence-corrected chi connectivity index (χ2v) is 4.83. The van der Waals surface area contributed by atoms with Crippen LogP contribution in [0.5, 0.6) is 5.75 Å². The van der Waals surface area contributed by atoms with Crippen molar-refractivity contribution in [3.05, 3.63) is 69.8 Å². The Morgan fingerprint density at radius 1 is 1.12 bits per heavy atom. The van der Waals surface area contributed by atoms with Gasteiger partial charge in [-0.25, -0.2) is 0 Å². The number of hydrogen-bond acceptors (Lipinski definition) is 5. The van der Waals surface area contributed by atoms with Gasteiger partial charge < -0.3 is 4.74 Å². The van der Waals surface area contributed by atoms with Gasteiger partial charge in [0.05, 0.1) is 18.5 Å². The zero-order valence-electron chi connectivity index (χ0n) is 12.8. The van der Waals surface area contributed by atoms with Gasteiger partial charge >= 0.3 is 0 Å². The molecule has 0 bridgehead atoms. The highest BCUT2D eigenvalue weighted by Gasteiger charge is 2.10. The Kier molecular flexibility index (Phi) is 5.45. The molecular weight excluding hydrogens is 314 g/mol. The molecule has 0 radical (unpaired) electrons. The van der Waals surface area contributed by atoms with Crippen LogP contribution in [-0.2, 0) is 11.2 Å². The fraction of sp³-hybridized carbons (Fsp3) is 0.125. The summed E-state index contributed by atoms with van der Waals surface area (Å²) in [6.45, 7) is 0. The lowest BCUT2D eigenvalue weighted by atomic mass is 10.1. The van der Waals surface area contributed by atoms with Crippen molar-refractivity contribution in [2.75, 3.05) is 7.11 Å². The molecule has 2 amide bonds. The summed E-state index contributed by atoms with van der Waals surface area (Å²) < 4.78 is 5.07. The van der Waals surface area contributed by atoms with Crippen molar-refractivity contribution in [2.24, 2.45) is 0 Å². The van der Waals surface area contributed by atoms with Crippen molar-refractivity contribution in [3.8, 4) is 5.75 Å². The van der Waals surface area contributed by atoms with E-state index in [0.29, 0.717) is 5.75 Å². The predicted octanol–water partition coefficient (Wildman–Crippen LogP) is 1.61. The molecule has 2 aromatic rings. The Hall–Kier alpha value is -3.42. The van der Waals surface area contributed by atoms with E-state index in [1.54, 1.807) is 24.3 Å². The highest BCUT2D eigenvalue weighted by molar-refractivity contribution is 5.95. The predicted molar refractivity (Wildman–Crippen MR) is 85.4 cm³/mol. The minimum atomic E-state index is -0.566. The summed E-state index contributed by atoms with van der Waals surface area (Å²) in [5, 5.41) is 10.6. The molecule has 2 rings (SSSR count). The summed E-state index contributed by atoms with van der Waals surface area (Å²) in [5.41, 5.74) is 5.36. The van der Waals surface area contributed by atoms with Crippen LogP contribution in [-0.4, -0.2) is 23.8 Å². The molecule has 0 saturated carbocycles. The van der Waals surface area contributed by atoms with Gasteiger partial charge in [-0.05, 0) is 29.8 Å². The van der Waals surface area contributed by atoms with Crippen LogP contribution >= 0.6 is 0 Å². The van der Waals surface area contributed by atoms with E-state index >= 15 is 0 Å². The van der Waals surface area contributed by atoms with Gasteiger partial charge in [0, 0.05) is 17.7 Å². The summed E-state index contributed by atoms with van der Waals surface area (Å²) >= 11 is 0. The molecule has 0 aliphatic rings. The smallest absolute Gasteiger partial charge is 0.269 e. The average Bonchev–Trinajstić information content (AvgIpc) is 2.60. The molecule has 0 heterocycles. The molecule has 2 N–H and O–H groups in total. The third-order valence-corrected chi connectivity index (χ3v) is 3.15. The van der Waals surface area contributed by atoms with Gasteiger partial charge in [-0.2, -0.15) is 0 Å². The molecule has 0 aromatic heterocycles. The van der Waals surface area contributed by atoms with Gasteiger partial charge in [0.1, 0.15) is 5.75 Å². The molecule has 124 valence electrons. The minimum Gasteiger partial charge on any atom is -0.497 e. The third-order valence-electron chi connectivity index (χ3n) is 3.15. The Labute approximate surface area is 137 Å². The quantitative estimate of drug-likeness (QED) is 0.639. The Balaban J connectivity index is 1.88. The summed E-state index contributed by atoms with van der Waals surface area (Å²) in [4.78, 5) is 33.7. The van der Waals surface area contributed by atoms with Crippen molar-refractivity contribution in [1.82, 2.24) is 10.9 Å². The lowest BCUT2D eigenvalue weighted by molar-refractivity contribution is -0.384. The van der Waals surface area contributed by atoms with E-state index in [9.17, 15) is 19.7 Å². The normalized spacial score (nSPS) is 9.88. The molecule has 0 unspecified atom stereocenters. The number of non-ortho nitro benzene ring substituents is 1. The standard InChI is InChI=1S/C16H15N3O5/c1-24-14-4-2-3-11(9-14)10-15(20)17-18-16(21)12-5-7-13(8-6-12)19(22)23/h2-9H,10H2,1H3,(H,17,20)(H,18,21). The van der Waals surface area contributed by atoms with Crippen LogP contribution in [0, 0.1) is 10.1 Å². The summed E-state index contributed by atoms with van der Waals surface area (Å²) in [6.07, 6.45) is 0.0672. The maximum absolute atomic E-state index is 11.9. The molecule has 0 aliphatic heterocycles. The summed E-state index contributed by atoms with van der Waals surface area (Å²) in [6, 6.07) is 12.1. The van der Waals surface area contributed by atoms with Crippen molar-refractivity contribution < 1.29 is 19.2 Å². The molecule has 2 aromatic carbocycles. The molecule has 8 nitrogen and oxygen atoms in total. The van der Waals surface area contributed by atoms with E-state index in [1.807, 2.05) is 0 Å². The Morgan fingerprint density at radius 3 is 2.46 bits per heavy atom. The lowest BCUT2D eigenvalue weighted by Crippen LogP contribution is -2.42. The zero-order valence-corrected chi connectivity index (χ0v) is 12.8. The molecular formula is C16H15N3O5. The monoisotopic (exact) mass is 329 g/mol. The van der Waals surface area contributed by atoms with E-state index in [-0.39, 0.29) is 17.7 Å². The van der Waals surface area contributed by atoms with Crippen molar-refractivity contribution in [3.63, 3.8) is 0 Å². The number of nitro benzene ring substituents is 1. The maximum atomic E-state index is 11.9. The fourth-order valence-electron chi connectivity index (χ4n) is 1.95. The number of ether oxygens (including phenoxy) is 1. The number of methoxy groups -OCH3 is 1. The van der Waals surface area contributed by atoms with Gasteiger partial charge in [-0.3, -0.25) is 30.6 Å². The van der Waals surface area contributed by atoms with E-state index in [0.717, 1.165) is 5.56 Å². The van der Waals surface area contributed by atoms with Gasteiger partial charge in [0.2, 0.25) is 5.91 Å². The van der Waals surface area contributed by atoms with Crippen LogP contribution in [0.1, 0.15) is 15.9 Å². The largest absolute Gasteiger partial charge is 0.497 e.